The van der Waals surface area contributed by atoms with Gasteiger partial charge in [0, 0.05) is 63.3 Å². The Labute approximate surface area is 266 Å². The molecule has 4 heterocycles. The zero-order valence-corrected chi connectivity index (χ0v) is 27.1. The Balaban J connectivity index is 1.11. The minimum atomic E-state index is -3.61. The van der Waals surface area contributed by atoms with E-state index in [-0.39, 0.29) is 17.0 Å². The average Bonchev–Trinajstić information content (AvgIpc) is 3.03. The van der Waals surface area contributed by atoms with Crippen molar-refractivity contribution in [2.24, 2.45) is 5.92 Å². The van der Waals surface area contributed by atoms with Crippen LogP contribution in [0.5, 0.6) is 11.6 Å². The number of piperidine rings is 2. The summed E-state index contributed by atoms with van der Waals surface area (Å²) in [6, 6.07) is 14.0. The Morgan fingerprint density at radius 1 is 0.978 bits per heavy atom. The summed E-state index contributed by atoms with van der Waals surface area (Å²) < 4.78 is 33.2. The molecule has 1 aromatic carbocycles. The maximum Gasteiger partial charge on any atom is 0.322 e. The topological polar surface area (TPSA) is 128 Å². The Morgan fingerprint density at radius 2 is 1.69 bits per heavy atom. The molecular formula is C33H44N6O5S. The maximum atomic E-state index is 13.2. The molecule has 0 saturated carbocycles. The van der Waals surface area contributed by atoms with E-state index >= 15 is 0 Å². The molecule has 0 aliphatic carbocycles. The number of nitrogens with one attached hydrogen (secondary N) is 1. The van der Waals surface area contributed by atoms with E-state index in [4.69, 9.17) is 4.74 Å². The first-order valence-electron chi connectivity index (χ1n) is 15.7. The number of pyridine rings is 2. The van der Waals surface area contributed by atoms with E-state index in [9.17, 15) is 18.3 Å². The van der Waals surface area contributed by atoms with Crippen molar-refractivity contribution in [3.05, 3.63) is 72.2 Å². The van der Waals surface area contributed by atoms with Crippen LogP contribution in [0.25, 0.3) is 0 Å². The molecule has 12 heteroatoms. The van der Waals surface area contributed by atoms with Crippen LogP contribution in [0, 0.1) is 12.8 Å². The monoisotopic (exact) mass is 636 g/mol. The molecule has 2 aliphatic heterocycles. The van der Waals surface area contributed by atoms with Gasteiger partial charge >= 0.3 is 6.03 Å². The number of aromatic nitrogens is 2. The second kappa shape index (κ2) is 14.7. The van der Waals surface area contributed by atoms with Gasteiger partial charge in [-0.1, -0.05) is 19.9 Å². The van der Waals surface area contributed by atoms with E-state index in [2.05, 4.69) is 34.0 Å². The van der Waals surface area contributed by atoms with Crippen molar-refractivity contribution in [3.8, 4) is 11.6 Å². The number of sulfonamides is 1. The average molecular weight is 637 g/mol. The van der Waals surface area contributed by atoms with Gasteiger partial charge in [-0.2, -0.15) is 4.31 Å². The van der Waals surface area contributed by atoms with E-state index < -0.39 is 16.1 Å². The van der Waals surface area contributed by atoms with E-state index in [1.54, 1.807) is 36.7 Å². The van der Waals surface area contributed by atoms with Gasteiger partial charge in [-0.3, -0.25) is 9.88 Å². The molecule has 0 radical (unpaired) electrons. The third-order valence-corrected chi connectivity index (χ3v) is 10.2. The van der Waals surface area contributed by atoms with Gasteiger partial charge in [0.25, 0.3) is 0 Å². The van der Waals surface area contributed by atoms with Crippen molar-refractivity contribution >= 4 is 21.7 Å². The van der Waals surface area contributed by atoms with Gasteiger partial charge < -0.3 is 20.1 Å². The molecule has 2 fully saturated rings. The highest BCUT2D eigenvalue weighted by Crippen LogP contribution is 2.26. The number of rotatable bonds is 10. The number of aryl methyl sites for hydroxylation is 1. The highest BCUT2D eigenvalue weighted by molar-refractivity contribution is 7.89. The molecule has 0 unspecified atom stereocenters. The normalized spacial score (nSPS) is 17.4. The van der Waals surface area contributed by atoms with Gasteiger partial charge in [0.05, 0.1) is 22.9 Å². The molecule has 2 N–H and O–H groups in total. The molecule has 45 heavy (non-hydrogen) atoms. The van der Waals surface area contributed by atoms with Crippen molar-refractivity contribution in [2.75, 3.05) is 38.0 Å². The van der Waals surface area contributed by atoms with Crippen LogP contribution in [0.4, 0.5) is 10.5 Å². The van der Waals surface area contributed by atoms with E-state index in [1.165, 1.54) is 4.31 Å². The van der Waals surface area contributed by atoms with Gasteiger partial charge in [0.15, 0.2) is 0 Å². The van der Waals surface area contributed by atoms with Crippen LogP contribution in [0.3, 0.4) is 0 Å². The molecule has 242 valence electrons. The number of ether oxygens (including phenoxy) is 1. The number of amides is 2. The minimum Gasteiger partial charge on any atom is -0.439 e. The Bertz CT molecular complexity index is 1500. The smallest absolute Gasteiger partial charge is 0.322 e. The number of carbonyl (C=O) groups is 1. The molecule has 2 aliphatic rings. The first-order chi connectivity index (χ1) is 21.6. The van der Waals surface area contributed by atoms with E-state index in [0.29, 0.717) is 55.7 Å². The van der Waals surface area contributed by atoms with Crippen LogP contribution in [0.2, 0.25) is 0 Å². The van der Waals surface area contributed by atoms with Crippen LogP contribution in [-0.2, 0) is 16.6 Å². The summed E-state index contributed by atoms with van der Waals surface area (Å²) in [6.45, 7) is 10.0. The standard InChI is InChI=1S/C33H44N6O5S/c1-24(2)22-39(33(41)36-27-6-4-25(3)34-21-27)28-12-16-37(17-13-28)23-26-5-11-32(35-20-26)44-30-7-9-31(10-8-30)45(42,43)38-18-14-29(40)15-19-38/h4-11,20-21,24,28-29,40H,12-19,22-23H2,1-3H3,(H,36,41). The minimum absolute atomic E-state index is 0.0772. The van der Waals surface area contributed by atoms with E-state index in [0.717, 1.165) is 43.7 Å². The van der Waals surface area contributed by atoms with E-state index in [1.807, 2.05) is 36.1 Å². The number of hydrogen-bond donors (Lipinski definition) is 2. The number of anilines is 1. The summed E-state index contributed by atoms with van der Waals surface area (Å²) in [6.07, 6.45) is 5.75. The number of hydrogen-bond acceptors (Lipinski definition) is 8. The third kappa shape index (κ3) is 8.78. The lowest BCUT2D eigenvalue weighted by atomic mass is 10.0. The summed E-state index contributed by atoms with van der Waals surface area (Å²) in [5.74, 6) is 1.29. The van der Waals surface area contributed by atoms with Crippen molar-refractivity contribution in [2.45, 2.75) is 70.0 Å². The summed E-state index contributed by atoms with van der Waals surface area (Å²) in [4.78, 5) is 26.5. The van der Waals surface area contributed by atoms with Crippen molar-refractivity contribution in [1.82, 2.24) is 24.1 Å². The van der Waals surface area contributed by atoms with Crippen LogP contribution >= 0.6 is 0 Å². The second-order valence-corrected chi connectivity index (χ2v) is 14.3. The molecule has 0 bridgehead atoms. The molecule has 2 amide bonds. The summed E-state index contributed by atoms with van der Waals surface area (Å²) in [5.41, 5.74) is 2.68. The SMILES string of the molecule is Cc1ccc(NC(=O)N(CC(C)C)C2CCN(Cc3ccc(Oc4ccc(S(=O)(=O)N5CCC(O)CC5)cc4)nc3)CC2)cn1. The van der Waals surface area contributed by atoms with Gasteiger partial charge in [-0.05, 0) is 80.5 Å². The molecule has 0 spiro atoms. The Hall–Kier alpha value is -3.58. The Morgan fingerprint density at radius 3 is 2.29 bits per heavy atom. The predicted molar refractivity (Wildman–Crippen MR) is 173 cm³/mol. The first kappa shape index (κ1) is 32.8. The highest BCUT2D eigenvalue weighted by atomic mass is 32.2. The number of carbonyl (C=O) groups excluding carboxylic acids is 1. The highest BCUT2D eigenvalue weighted by Gasteiger charge is 2.30. The maximum absolute atomic E-state index is 13.2. The fraction of sp³-hybridized carbons (Fsp3) is 0.485. The van der Waals surface area contributed by atoms with Crippen LogP contribution in [0.1, 0.15) is 50.8 Å². The molecular weight excluding hydrogens is 592 g/mol. The molecule has 0 atom stereocenters. The number of nitrogens with zero attached hydrogens (tertiary/aromatic N) is 5. The molecule has 5 rings (SSSR count). The fourth-order valence-electron chi connectivity index (χ4n) is 5.77. The first-order valence-corrected chi connectivity index (χ1v) is 17.1. The van der Waals surface area contributed by atoms with Gasteiger partial charge in [-0.15, -0.1) is 0 Å². The molecule has 2 aromatic heterocycles. The lowest BCUT2D eigenvalue weighted by Crippen LogP contribution is -2.49. The summed E-state index contributed by atoms with van der Waals surface area (Å²) in [7, 11) is -3.61. The third-order valence-electron chi connectivity index (χ3n) is 8.29. The summed E-state index contributed by atoms with van der Waals surface area (Å²) in [5, 5.41) is 12.7. The van der Waals surface area contributed by atoms with Crippen LogP contribution in [0.15, 0.2) is 65.8 Å². The predicted octanol–water partition coefficient (Wildman–Crippen LogP) is 4.88. The number of likely N-dealkylation sites (tertiary alicyclic amines) is 1. The van der Waals surface area contributed by atoms with Gasteiger partial charge in [0.2, 0.25) is 15.9 Å². The fourth-order valence-corrected chi connectivity index (χ4v) is 7.24. The van der Waals surface area contributed by atoms with Gasteiger partial charge in [0.1, 0.15) is 5.75 Å². The van der Waals surface area contributed by atoms with Gasteiger partial charge in [-0.25, -0.2) is 18.2 Å². The Kier molecular flexibility index (Phi) is 10.7. The van der Waals surface area contributed by atoms with Crippen LogP contribution in [-0.4, -0.2) is 88.5 Å². The summed E-state index contributed by atoms with van der Waals surface area (Å²) >= 11 is 0. The largest absolute Gasteiger partial charge is 0.439 e. The van der Waals surface area contributed by atoms with Crippen molar-refractivity contribution < 1.29 is 23.1 Å². The lowest BCUT2D eigenvalue weighted by Gasteiger charge is -2.39. The van der Waals surface area contributed by atoms with Crippen molar-refractivity contribution in [3.63, 3.8) is 0 Å². The lowest BCUT2D eigenvalue weighted by molar-refractivity contribution is 0.113. The molecule has 3 aromatic rings. The number of urea groups is 1. The molecule has 2 saturated heterocycles. The molecule has 11 nitrogen and oxygen atoms in total. The number of benzene rings is 1. The zero-order chi connectivity index (χ0) is 32.0. The van der Waals surface area contributed by atoms with Crippen molar-refractivity contribution in [1.29, 1.82) is 0 Å². The number of aliphatic hydroxyl groups is 1. The second-order valence-electron chi connectivity index (χ2n) is 12.4. The van der Waals surface area contributed by atoms with Crippen LogP contribution < -0.4 is 10.1 Å². The number of aliphatic hydroxyl groups excluding tert-OH is 1. The quantitative estimate of drug-likeness (QED) is 0.323. The zero-order valence-electron chi connectivity index (χ0n) is 26.3.